The molecule has 5 nitrogen and oxygen atoms in total. The molecular formula is C12H15NO4S. The van der Waals surface area contributed by atoms with E-state index in [1.807, 2.05) is 0 Å². The molecule has 1 aromatic rings. The first-order chi connectivity index (χ1) is 8.46. The molecule has 1 aromatic carbocycles. The fraction of sp³-hybridized carbons (Fsp3) is 0.417. The SMILES string of the molecule is NCC(C(=O)O)S(=O)(=O)c1ccc2c(c1)CCC2. The van der Waals surface area contributed by atoms with Crippen molar-refractivity contribution in [1.29, 1.82) is 0 Å². The number of benzene rings is 1. The van der Waals surface area contributed by atoms with Gasteiger partial charge in [-0.25, -0.2) is 8.42 Å². The molecule has 98 valence electrons. The van der Waals surface area contributed by atoms with Gasteiger partial charge in [0.25, 0.3) is 0 Å². The molecule has 1 unspecified atom stereocenters. The molecule has 0 radical (unpaired) electrons. The minimum atomic E-state index is -3.90. The summed E-state index contributed by atoms with van der Waals surface area (Å²) in [5.74, 6) is -1.40. The van der Waals surface area contributed by atoms with Gasteiger partial charge in [0.2, 0.25) is 0 Å². The zero-order valence-electron chi connectivity index (χ0n) is 9.80. The van der Waals surface area contributed by atoms with E-state index in [1.54, 1.807) is 12.1 Å². The van der Waals surface area contributed by atoms with Crippen LogP contribution in [0.1, 0.15) is 17.5 Å². The number of aryl methyl sites for hydroxylation is 2. The van der Waals surface area contributed by atoms with Gasteiger partial charge in [-0.1, -0.05) is 6.07 Å². The maximum absolute atomic E-state index is 12.1. The normalized spacial score (nSPS) is 16.3. The number of rotatable bonds is 4. The van der Waals surface area contributed by atoms with E-state index < -0.39 is 27.6 Å². The average molecular weight is 269 g/mol. The Morgan fingerprint density at radius 2 is 2.00 bits per heavy atom. The molecule has 0 saturated carbocycles. The lowest BCUT2D eigenvalue weighted by atomic mass is 10.1. The maximum Gasteiger partial charge on any atom is 0.323 e. The van der Waals surface area contributed by atoms with Gasteiger partial charge in [-0.3, -0.25) is 4.79 Å². The van der Waals surface area contributed by atoms with E-state index in [-0.39, 0.29) is 4.90 Å². The van der Waals surface area contributed by atoms with Crippen LogP contribution in [0.2, 0.25) is 0 Å². The molecule has 0 heterocycles. The maximum atomic E-state index is 12.1. The number of sulfone groups is 1. The van der Waals surface area contributed by atoms with Crippen LogP contribution in [0.25, 0.3) is 0 Å². The van der Waals surface area contributed by atoms with E-state index in [0.717, 1.165) is 30.4 Å². The Morgan fingerprint density at radius 1 is 1.33 bits per heavy atom. The second-order valence-corrected chi connectivity index (χ2v) is 6.52. The van der Waals surface area contributed by atoms with Gasteiger partial charge < -0.3 is 10.8 Å². The number of carbonyl (C=O) groups is 1. The van der Waals surface area contributed by atoms with Crippen LogP contribution in [0, 0.1) is 0 Å². The van der Waals surface area contributed by atoms with Crippen LogP contribution in [0.15, 0.2) is 23.1 Å². The van der Waals surface area contributed by atoms with E-state index >= 15 is 0 Å². The summed E-state index contributed by atoms with van der Waals surface area (Å²) >= 11 is 0. The highest BCUT2D eigenvalue weighted by atomic mass is 32.2. The molecule has 0 aliphatic heterocycles. The van der Waals surface area contributed by atoms with Crippen LogP contribution < -0.4 is 5.73 Å². The van der Waals surface area contributed by atoms with Gasteiger partial charge in [0.05, 0.1) is 4.90 Å². The molecule has 0 fully saturated rings. The number of aliphatic carboxylic acids is 1. The van der Waals surface area contributed by atoms with E-state index in [0.29, 0.717) is 0 Å². The molecule has 0 saturated heterocycles. The minimum Gasteiger partial charge on any atom is -0.480 e. The molecule has 0 aromatic heterocycles. The Hall–Kier alpha value is -1.40. The van der Waals surface area contributed by atoms with Crippen molar-refractivity contribution in [3.8, 4) is 0 Å². The second kappa shape index (κ2) is 4.70. The third-order valence-electron chi connectivity index (χ3n) is 3.26. The molecule has 18 heavy (non-hydrogen) atoms. The standard InChI is InChI=1S/C12H15NO4S/c13-7-11(12(14)15)18(16,17)10-5-4-8-2-1-3-9(8)6-10/h4-6,11H,1-3,7,13H2,(H,14,15). The Kier molecular flexibility index (Phi) is 3.41. The largest absolute Gasteiger partial charge is 0.480 e. The van der Waals surface area contributed by atoms with Crippen molar-refractivity contribution in [2.75, 3.05) is 6.54 Å². The number of fused-ring (bicyclic) bond motifs is 1. The van der Waals surface area contributed by atoms with Crippen molar-refractivity contribution >= 4 is 15.8 Å². The first-order valence-electron chi connectivity index (χ1n) is 5.75. The van der Waals surface area contributed by atoms with Gasteiger partial charge in [0.15, 0.2) is 15.1 Å². The predicted octanol–water partition coefficient (Wildman–Crippen LogP) is 0.361. The molecule has 0 spiro atoms. The number of hydrogen-bond acceptors (Lipinski definition) is 4. The van der Waals surface area contributed by atoms with E-state index in [4.69, 9.17) is 10.8 Å². The van der Waals surface area contributed by atoms with Gasteiger partial charge in [0.1, 0.15) is 0 Å². The number of hydrogen-bond donors (Lipinski definition) is 2. The minimum absolute atomic E-state index is 0.0565. The molecule has 3 N–H and O–H groups in total. The highest BCUT2D eigenvalue weighted by Crippen LogP contribution is 2.26. The van der Waals surface area contributed by atoms with Gasteiger partial charge in [-0.2, -0.15) is 0 Å². The van der Waals surface area contributed by atoms with Crippen molar-refractivity contribution in [2.24, 2.45) is 5.73 Å². The Bertz CT molecular complexity index is 580. The third-order valence-corrected chi connectivity index (χ3v) is 5.32. The summed E-state index contributed by atoms with van der Waals surface area (Å²) in [6.07, 6.45) is 2.81. The zero-order chi connectivity index (χ0) is 13.3. The van der Waals surface area contributed by atoms with Gasteiger partial charge in [0, 0.05) is 6.54 Å². The van der Waals surface area contributed by atoms with Crippen molar-refractivity contribution in [2.45, 2.75) is 29.4 Å². The van der Waals surface area contributed by atoms with Crippen LogP contribution >= 0.6 is 0 Å². The molecule has 6 heteroatoms. The fourth-order valence-electron chi connectivity index (χ4n) is 2.25. The van der Waals surface area contributed by atoms with Crippen LogP contribution in [0.3, 0.4) is 0 Å². The number of nitrogens with two attached hydrogens (primary N) is 1. The summed E-state index contributed by atoms with van der Waals surface area (Å²) in [7, 11) is -3.90. The number of carboxylic acid groups (broad SMARTS) is 1. The first-order valence-corrected chi connectivity index (χ1v) is 7.30. The Balaban J connectivity index is 2.44. The molecule has 1 aliphatic carbocycles. The summed E-state index contributed by atoms with van der Waals surface area (Å²) in [4.78, 5) is 11.0. The van der Waals surface area contributed by atoms with Gasteiger partial charge in [-0.05, 0) is 42.5 Å². The average Bonchev–Trinajstić information content (AvgIpc) is 2.75. The van der Waals surface area contributed by atoms with Crippen molar-refractivity contribution < 1.29 is 18.3 Å². The van der Waals surface area contributed by atoms with Crippen LogP contribution in [0.4, 0.5) is 0 Å². The smallest absolute Gasteiger partial charge is 0.323 e. The highest BCUT2D eigenvalue weighted by molar-refractivity contribution is 7.92. The van der Waals surface area contributed by atoms with Crippen molar-refractivity contribution in [3.63, 3.8) is 0 Å². The summed E-state index contributed by atoms with van der Waals surface area (Å²) in [5, 5.41) is 7.33. The van der Waals surface area contributed by atoms with E-state index in [2.05, 4.69) is 0 Å². The van der Waals surface area contributed by atoms with E-state index in [1.165, 1.54) is 6.07 Å². The summed E-state index contributed by atoms with van der Waals surface area (Å²) < 4.78 is 24.3. The first kappa shape index (κ1) is 13.0. The Labute approximate surface area is 106 Å². The lowest BCUT2D eigenvalue weighted by molar-refractivity contribution is -0.136. The highest BCUT2D eigenvalue weighted by Gasteiger charge is 2.33. The van der Waals surface area contributed by atoms with Crippen molar-refractivity contribution in [1.82, 2.24) is 0 Å². The monoisotopic (exact) mass is 269 g/mol. The van der Waals surface area contributed by atoms with Crippen LogP contribution in [-0.2, 0) is 27.5 Å². The predicted molar refractivity (Wildman–Crippen MR) is 66.1 cm³/mol. The molecule has 1 atom stereocenters. The summed E-state index contributed by atoms with van der Waals surface area (Å²) in [6, 6.07) is 4.83. The molecule has 2 rings (SSSR count). The third kappa shape index (κ3) is 2.13. The number of carboxylic acids is 1. The van der Waals surface area contributed by atoms with Crippen LogP contribution in [-0.4, -0.2) is 31.3 Å². The molecular weight excluding hydrogens is 254 g/mol. The fourth-order valence-corrected chi connectivity index (χ4v) is 3.66. The lowest BCUT2D eigenvalue weighted by Crippen LogP contribution is -2.37. The quantitative estimate of drug-likeness (QED) is 0.822. The van der Waals surface area contributed by atoms with Gasteiger partial charge in [-0.15, -0.1) is 0 Å². The van der Waals surface area contributed by atoms with Crippen LogP contribution in [0.5, 0.6) is 0 Å². The second-order valence-electron chi connectivity index (χ2n) is 4.39. The molecule has 0 amide bonds. The lowest BCUT2D eigenvalue weighted by Gasteiger charge is -2.12. The zero-order valence-corrected chi connectivity index (χ0v) is 10.6. The summed E-state index contributed by atoms with van der Waals surface area (Å²) in [6.45, 7) is -0.422. The Morgan fingerprint density at radius 3 is 2.61 bits per heavy atom. The molecule has 0 bridgehead atoms. The van der Waals surface area contributed by atoms with E-state index in [9.17, 15) is 13.2 Å². The topological polar surface area (TPSA) is 97.5 Å². The molecule has 1 aliphatic rings. The van der Waals surface area contributed by atoms with Crippen molar-refractivity contribution in [3.05, 3.63) is 29.3 Å². The summed E-state index contributed by atoms with van der Waals surface area (Å²) in [5.41, 5.74) is 7.39. The van der Waals surface area contributed by atoms with Gasteiger partial charge >= 0.3 is 5.97 Å².